The van der Waals surface area contributed by atoms with Crippen LogP contribution in [0.1, 0.15) is 17.5 Å². The van der Waals surface area contributed by atoms with Crippen LogP contribution in [0.25, 0.3) is 6.08 Å². The number of carbonyl (C=O) groups is 1. The number of nitrogens with one attached hydrogen (secondary N) is 1. The van der Waals surface area contributed by atoms with E-state index in [-0.39, 0.29) is 22.0 Å². The van der Waals surface area contributed by atoms with Crippen LogP contribution in [-0.2, 0) is 21.3 Å². The largest absolute Gasteiger partial charge is 0.378 e. The standard InChI is InChI=1S/C20H15N5O6S2/c1-2-18-23-24-20(32-18)22-19(26)14(12-21)11-13-7-3-5-9-16(13)31-33(29,30)17-10-6-4-8-15(17)25(27)28/h3-11H,2H2,1H3,(H,22,24,26). The molecule has 1 heterocycles. The maximum Gasteiger partial charge on any atom is 0.346 e. The number of rotatable bonds is 8. The van der Waals surface area contributed by atoms with Crippen molar-refractivity contribution in [3.8, 4) is 11.8 Å². The van der Waals surface area contributed by atoms with E-state index < -0.39 is 31.5 Å². The molecular formula is C20H15N5O6S2. The molecule has 0 aliphatic rings. The zero-order valence-electron chi connectivity index (χ0n) is 17.0. The first-order chi connectivity index (χ1) is 15.7. The van der Waals surface area contributed by atoms with E-state index in [1.54, 1.807) is 12.1 Å². The van der Waals surface area contributed by atoms with Gasteiger partial charge >= 0.3 is 10.1 Å². The minimum absolute atomic E-state index is 0.0953. The molecule has 3 rings (SSSR count). The quantitative estimate of drug-likeness (QED) is 0.165. The predicted octanol–water partition coefficient (Wildman–Crippen LogP) is 3.32. The van der Waals surface area contributed by atoms with Crippen LogP contribution < -0.4 is 9.50 Å². The number of benzene rings is 2. The highest BCUT2D eigenvalue weighted by molar-refractivity contribution is 7.87. The lowest BCUT2D eigenvalue weighted by Crippen LogP contribution is -2.14. The molecule has 0 saturated carbocycles. The third-order valence-corrected chi connectivity index (χ3v) is 6.37. The topological polar surface area (TPSA) is 165 Å². The number of hydrogen-bond acceptors (Lipinski definition) is 10. The third-order valence-electron chi connectivity index (χ3n) is 4.10. The number of nitro benzene ring substituents is 1. The van der Waals surface area contributed by atoms with Crippen molar-refractivity contribution in [1.82, 2.24) is 10.2 Å². The fraction of sp³-hybridized carbons (Fsp3) is 0.100. The van der Waals surface area contributed by atoms with Crippen molar-refractivity contribution < 1.29 is 22.3 Å². The van der Waals surface area contributed by atoms with Crippen molar-refractivity contribution in [3.63, 3.8) is 0 Å². The van der Waals surface area contributed by atoms with Gasteiger partial charge in [-0.05, 0) is 24.6 Å². The summed E-state index contributed by atoms with van der Waals surface area (Å²) in [6, 6.07) is 12.2. The molecule has 11 nitrogen and oxygen atoms in total. The first-order valence-corrected chi connectivity index (χ1v) is 11.5. The molecule has 0 bridgehead atoms. The van der Waals surface area contributed by atoms with Crippen LogP contribution in [0.5, 0.6) is 5.75 Å². The van der Waals surface area contributed by atoms with Gasteiger partial charge in [-0.3, -0.25) is 20.2 Å². The van der Waals surface area contributed by atoms with E-state index in [1.807, 2.05) is 6.92 Å². The molecule has 0 aliphatic carbocycles. The normalized spacial score (nSPS) is 11.5. The molecule has 168 valence electrons. The number of aryl methyl sites for hydroxylation is 1. The van der Waals surface area contributed by atoms with Crippen LogP contribution in [0.15, 0.2) is 59.0 Å². The van der Waals surface area contributed by atoms with Crippen LogP contribution >= 0.6 is 11.3 Å². The van der Waals surface area contributed by atoms with E-state index in [4.69, 9.17) is 4.18 Å². The van der Waals surface area contributed by atoms with Crippen LogP contribution in [0.4, 0.5) is 10.8 Å². The van der Waals surface area contributed by atoms with Crippen molar-refractivity contribution in [2.75, 3.05) is 5.32 Å². The smallest absolute Gasteiger partial charge is 0.346 e. The Morgan fingerprint density at radius 2 is 1.94 bits per heavy atom. The lowest BCUT2D eigenvalue weighted by Gasteiger charge is -2.10. The fourth-order valence-corrected chi connectivity index (χ4v) is 4.37. The molecule has 33 heavy (non-hydrogen) atoms. The summed E-state index contributed by atoms with van der Waals surface area (Å²) in [4.78, 5) is 22.2. The Bertz CT molecular complexity index is 1390. The molecule has 0 atom stereocenters. The van der Waals surface area contributed by atoms with Crippen LogP contribution in [0.2, 0.25) is 0 Å². The van der Waals surface area contributed by atoms with Gasteiger partial charge in [-0.1, -0.05) is 48.6 Å². The molecule has 0 spiro atoms. The number of nitriles is 1. The van der Waals surface area contributed by atoms with E-state index >= 15 is 0 Å². The van der Waals surface area contributed by atoms with Crippen molar-refractivity contribution >= 4 is 44.3 Å². The molecule has 3 aromatic rings. The molecule has 1 N–H and O–H groups in total. The third kappa shape index (κ3) is 5.56. The molecule has 2 aromatic carbocycles. The lowest BCUT2D eigenvalue weighted by atomic mass is 10.1. The minimum atomic E-state index is -4.59. The molecule has 0 radical (unpaired) electrons. The Balaban J connectivity index is 1.92. The number of amides is 1. The first-order valence-electron chi connectivity index (χ1n) is 9.27. The van der Waals surface area contributed by atoms with Gasteiger partial charge < -0.3 is 4.18 Å². The average Bonchev–Trinajstić information content (AvgIpc) is 3.25. The highest BCUT2D eigenvalue weighted by Gasteiger charge is 2.28. The van der Waals surface area contributed by atoms with Gasteiger partial charge in [0.2, 0.25) is 5.13 Å². The summed E-state index contributed by atoms with van der Waals surface area (Å²) >= 11 is 1.16. The maximum atomic E-state index is 12.7. The van der Waals surface area contributed by atoms with Crippen LogP contribution in [0, 0.1) is 21.4 Å². The second-order valence-electron chi connectivity index (χ2n) is 6.28. The van der Waals surface area contributed by atoms with E-state index in [0.717, 1.165) is 29.5 Å². The van der Waals surface area contributed by atoms with E-state index in [9.17, 15) is 28.6 Å². The van der Waals surface area contributed by atoms with Gasteiger partial charge in [0.25, 0.3) is 11.6 Å². The van der Waals surface area contributed by atoms with Crippen molar-refractivity contribution in [2.24, 2.45) is 0 Å². The molecule has 0 fully saturated rings. The van der Waals surface area contributed by atoms with Gasteiger partial charge in [0.15, 0.2) is 4.90 Å². The van der Waals surface area contributed by atoms with Crippen molar-refractivity contribution in [1.29, 1.82) is 5.26 Å². The minimum Gasteiger partial charge on any atom is -0.378 e. The van der Waals surface area contributed by atoms with Gasteiger partial charge in [0, 0.05) is 11.6 Å². The highest BCUT2D eigenvalue weighted by Crippen LogP contribution is 2.29. The molecule has 0 aliphatic heterocycles. The van der Waals surface area contributed by atoms with Gasteiger partial charge in [0.1, 0.15) is 22.4 Å². The maximum absolute atomic E-state index is 12.7. The second kappa shape index (κ2) is 9.98. The van der Waals surface area contributed by atoms with Gasteiger partial charge in [-0.15, -0.1) is 10.2 Å². The fourth-order valence-electron chi connectivity index (χ4n) is 2.57. The number of aromatic nitrogens is 2. The number of nitrogens with zero attached hydrogens (tertiary/aromatic N) is 4. The highest BCUT2D eigenvalue weighted by atomic mass is 32.2. The average molecular weight is 486 g/mol. The lowest BCUT2D eigenvalue weighted by molar-refractivity contribution is -0.387. The number of hydrogen-bond donors (Lipinski definition) is 1. The predicted molar refractivity (Wildman–Crippen MR) is 119 cm³/mol. The zero-order chi connectivity index (χ0) is 24.0. The molecule has 1 aromatic heterocycles. The Kier molecular flexibility index (Phi) is 7.11. The van der Waals surface area contributed by atoms with Gasteiger partial charge in [-0.25, -0.2) is 0 Å². The molecular weight excluding hydrogens is 470 g/mol. The summed E-state index contributed by atoms with van der Waals surface area (Å²) in [6.07, 6.45) is 1.77. The van der Waals surface area contributed by atoms with E-state index in [2.05, 4.69) is 15.5 Å². The number of carbonyl (C=O) groups excluding carboxylic acids is 1. The van der Waals surface area contributed by atoms with Gasteiger partial charge in [0.05, 0.1) is 4.92 Å². The van der Waals surface area contributed by atoms with Gasteiger partial charge in [-0.2, -0.15) is 13.7 Å². The Morgan fingerprint density at radius 3 is 2.61 bits per heavy atom. The second-order valence-corrected chi connectivity index (χ2v) is 8.86. The summed E-state index contributed by atoms with van der Waals surface area (Å²) < 4.78 is 30.6. The van der Waals surface area contributed by atoms with E-state index in [0.29, 0.717) is 11.4 Å². The first kappa shape index (κ1) is 23.5. The Hall–Kier alpha value is -4.15. The van der Waals surface area contributed by atoms with Crippen molar-refractivity contribution in [3.05, 3.63) is 74.8 Å². The summed E-state index contributed by atoms with van der Waals surface area (Å²) in [6.45, 7) is 1.88. The molecule has 0 saturated heterocycles. The molecule has 1 amide bonds. The number of anilines is 1. The molecule has 0 unspecified atom stereocenters. The summed E-state index contributed by atoms with van der Waals surface area (Å²) in [7, 11) is -4.59. The van der Waals surface area contributed by atoms with E-state index in [1.165, 1.54) is 30.3 Å². The van der Waals surface area contributed by atoms with Crippen LogP contribution in [-0.4, -0.2) is 29.4 Å². The summed E-state index contributed by atoms with van der Waals surface area (Å²) in [5.74, 6) is -0.993. The molecule has 13 heteroatoms. The number of para-hydroxylation sites is 2. The monoisotopic (exact) mass is 485 g/mol. The summed E-state index contributed by atoms with van der Waals surface area (Å²) in [5, 5.41) is 31.7. The Labute approximate surface area is 192 Å². The van der Waals surface area contributed by atoms with Crippen molar-refractivity contribution in [2.45, 2.75) is 18.2 Å². The number of nitro groups is 1. The SMILES string of the molecule is CCc1nnc(NC(=O)C(C#N)=Cc2ccccc2OS(=O)(=O)c2ccccc2[N+](=O)[O-])s1. The summed E-state index contributed by atoms with van der Waals surface area (Å²) in [5.41, 5.74) is -0.897. The van der Waals surface area contributed by atoms with Crippen LogP contribution in [0.3, 0.4) is 0 Å². The Morgan fingerprint density at radius 1 is 1.24 bits per heavy atom. The zero-order valence-corrected chi connectivity index (χ0v) is 18.6.